The minimum atomic E-state index is -0.719. The lowest BCUT2D eigenvalue weighted by atomic mass is 9.95. The number of ether oxygens (including phenoxy) is 1. The average molecular weight is 436 g/mol. The van der Waals surface area contributed by atoms with Crippen LogP contribution in [0, 0.1) is 19.7 Å². The highest BCUT2D eigenvalue weighted by Crippen LogP contribution is 2.29. The number of nitrogens with one attached hydrogen (secondary N) is 1. The number of amides is 2. The van der Waals surface area contributed by atoms with Gasteiger partial charge in [0.1, 0.15) is 17.5 Å². The van der Waals surface area contributed by atoms with Gasteiger partial charge in [0.15, 0.2) is 6.61 Å². The van der Waals surface area contributed by atoms with Crippen LogP contribution in [0.3, 0.4) is 0 Å². The summed E-state index contributed by atoms with van der Waals surface area (Å²) in [5.74, 6) is -1.20. The molecule has 2 heterocycles. The second-order valence-corrected chi connectivity index (χ2v) is 8.02. The molecule has 32 heavy (non-hydrogen) atoms. The van der Waals surface area contributed by atoms with Gasteiger partial charge in [0.2, 0.25) is 5.91 Å². The Kier molecular flexibility index (Phi) is 5.94. The minimum absolute atomic E-state index is 0.0943. The Balaban J connectivity index is 1.52. The molecule has 2 aromatic carbocycles. The van der Waals surface area contributed by atoms with E-state index in [2.05, 4.69) is 10.4 Å². The lowest BCUT2D eigenvalue weighted by molar-refractivity contribution is -0.135. The number of fused-ring (bicyclic) bond motifs is 1. The Labute approximate surface area is 185 Å². The van der Waals surface area contributed by atoms with E-state index >= 15 is 0 Å². The molecule has 2 amide bonds. The first kappa shape index (κ1) is 21.5. The standard InChI is InChI=1S/C24H25FN4O3/c1-15-7-6-8-16(2)23(15)32-14-21(30)29-12-17-11-28(3)27-22(17)18(13-29)24(31)26-20-10-5-4-9-19(20)25/h4-11,18H,12-14H2,1-3H3,(H,26,31)/t18-/m1/s1. The lowest BCUT2D eigenvalue weighted by Crippen LogP contribution is -2.43. The molecule has 0 unspecified atom stereocenters. The number of para-hydroxylation sites is 2. The fourth-order valence-electron chi connectivity index (χ4n) is 3.98. The molecule has 1 aromatic heterocycles. The number of anilines is 1. The van der Waals surface area contributed by atoms with Gasteiger partial charge in [-0.3, -0.25) is 14.3 Å². The van der Waals surface area contributed by atoms with E-state index in [1.54, 1.807) is 35.0 Å². The molecule has 0 aliphatic carbocycles. The van der Waals surface area contributed by atoms with E-state index in [1.165, 1.54) is 12.1 Å². The normalized spacial score (nSPS) is 15.2. The van der Waals surface area contributed by atoms with Gasteiger partial charge in [-0.25, -0.2) is 4.39 Å². The summed E-state index contributed by atoms with van der Waals surface area (Å²) in [6.07, 6.45) is 1.80. The van der Waals surface area contributed by atoms with Gasteiger partial charge in [0.05, 0.1) is 11.4 Å². The predicted molar refractivity (Wildman–Crippen MR) is 118 cm³/mol. The summed E-state index contributed by atoms with van der Waals surface area (Å²) in [5, 5.41) is 7.05. The number of carbonyl (C=O) groups excluding carboxylic acids is 2. The zero-order valence-electron chi connectivity index (χ0n) is 18.3. The molecular weight excluding hydrogens is 411 g/mol. The Bertz CT molecular complexity index is 1150. The highest BCUT2D eigenvalue weighted by molar-refractivity contribution is 5.96. The van der Waals surface area contributed by atoms with Crippen LogP contribution < -0.4 is 10.1 Å². The van der Waals surface area contributed by atoms with E-state index in [1.807, 2.05) is 32.0 Å². The molecule has 0 saturated carbocycles. The van der Waals surface area contributed by atoms with E-state index in [0.29, 0.717) is 18.0 Å². The quantitative estimate of drug-likeness (QED) is 0.666. The van der Waals surface area contributed by atoms with E-state index in [-0.39, 0.29) is 24.7 Å². The largest absolute Gasteiger partial charge is 0.483 e. The maximum absolute atomic E-state index is 14.0. The van der Waals surface area contributed by atoms with E-state index in [0.717, 1.165) is 16.7 Å². The van der Waals surface area contributed by atoms with Crippen LogP contribution in [0.5, 0.6) is 5.75 Å². The highest BCUT2D eigenvalue weighted by atomic mass is 19.1. The lowest BCUT2D eigenvalue weighted by Gasteiger charge is -2.31. The summed E-state index contributed by atoms with van der Waals surface area (Å²) >= 11 is 0. The van der Waals surface area contributed by atoms with Crippen molar-refractivity contribution in [2.45, 2.75) is 26.3 Å². The Morgan fingerprint density at radius 1 is 1.16 bits per heavy atom. The van der Waals surface area contributed by atoms with Gasteiger partial charge in [0, 0.05) is 31.9 Å². The molecule has 0 spiro atoms. The zero-order chi connectivity index (χ0) is 22.8. The third-order valence-corrected chi connectivity index (χ3v) is 5.58. The summed E-state index contributed by atoms with van der Waals surface area (Å²) in [6.45, 7) is 4.20. The van der Waals surface area contributed by atoms with Gasteiger partial charge in [0.25, 0.3) is 5.91 Å². The summed E-state index contributed by atoms with van der Waals surface area (Å²) in [6, 6.07) is 11.8. The summed E-state index contributed by atoms with van der Waals surface area (Å²) < 4.78 is 21.5. The predicted octanol–water partition coefficient (Wildman–Crippen LogP) is 3.32. The van der Waals surface area contributed by atoms with Crippen LogP contribution in [-0.4, -0.2) is 39.6 Å². The van der Waals surface area contributed by atoms with Crippen molar-refractivity contribution < 1.29 is 18.7 Å². The first-order chi connectivity index (χ1) is 15.3. The van der Waals surface area contributed by atoms with Crippen molar-refractivity contribution in [1.29, 1.82) is 0 Å². The first-order valence-electron chi connectivity index (χ1n) is 10.4. The van der Waals surface area contributed by atoms with Crippen LogP contribution in [0.4, 0.5) is 10.1 Å². The van der Waals surface area contributed by atoms with Crippen LogP contribution in [0.1, 0.15) is 28.3 Å². The first-order valence-corrected chi connectivity index (χ1v) is 10.4. The number of hydrogen-bond donors (Lipinski definition) is 1. The number of rotatable bonds is 5. The van der Waals surface area contributed by atoms with Crippen LogP contribution in [-0.2, 0) is 23.2 Å². The third-order valence-electron chi connectivity index (χ3n) is 5.58. The van der Waals surface area contributed by atoms with Crippen LogP contribution in [0.25, 0.3) is 0 Å². The molecule has 1 atom stereocenters. The number of benzene rings is 2. The topological polar surface area (TPSA) is 76.5 Å². The molecule has 1 aliphatic rings. The van der Waals surface area contributed by atoms with Gasteiger partial charge in [-0.05, 0) is 37.1 Å². The fourth-order valence-corrected chi connectivity index (χ4v) is 3.98. The number of carbonyl (C=O) groups is 2. The molecule has 1 N–H and O–H groups in total. The molecular formula is C24H25FN4O3. The summed E-state index contributed by atoms with van der Waals surface area (Å²) in [7, 11) is 1.76. The highest BCUT2D eigenvalue weighted by Gasteiger charge is 2.35. The smallest absolute Gasteiger partial charge is 0.260 e. The van der Waals surface area contributed by atoms with Gasteiger partial charge in [-0.2, -0.15) is 5.10 Å². The van der Waals surface area contributed by atoms with Crippen LogP contribution in [0.15, 0.2) is 48.7 Å². The molecule has 166 valence electrons. The van der Waals surface area contributed by atoms with Crippen molar-refractivity contribution in [2.24, 2.45) is 7.05 Å². The van der Waals surface area contributed by atoms with Crippen molar-refractivity contribution in [2.75, 3.05) is 18.5 Å². The van der Waals surface area contributed by atoms with Crippen LogP contribution >= 0.6 is 0 Å². The molecule has 0 fully saturated rings. The van der Waals surface area contributed by atoms with Crippen LogP contribution in [0.2, 0.25) is 0 Å². The SMILES string of the molecule is Cc1cccc(C)c1OCC(=O)N1Cc2cn(C)nc2[C@H](C(=O)Nc2ccccc2F)C1. The second kappa shape index (κ2) is 8.82. The molecule has 0 radical (unpaired) electrons. The zero-order valence-corrected chi connectivity index (χ0v) is 18.3. The van der Waals surface area contributed by atoms with Gasteiger partial charge >= 0.3 is 0 Å². The Morgan fingerprint density at radius 2 is 1.88 bits per heavy atom. The maximum Gasteiger partial charge on any atom is 0.260 e. The second-order valence-electron chi connectivity index (χ2n) is 8.02. The molecule has 0 bridgehead atoms. The number of hydrogen-bond acceptors (Lipinski definition) is 4. The molecule has 4 rings (SSSR count). The van der Waals surface area contributed by atoms with Crippen molar-refractivity contribution in [3.8, 4) is 5.75 Å². The van der Waals surface area contributed by atoms with Crippen molar-refractivity contribution in [3.63, 3.8) is 0 Å². The molecule has 3 aromatic rings. The monoisotopic (exact) mass is 436 g/mol. The van der Waals surface area contributed by atoms with E-state index in [9.17, 15) is 14.0 Å². The number of aryl methyl sites for hydroxylation is 3. The Morgan fingerprint density at radius 3 is 2.59 bits per heavy atom. The number of aromatic nitrogens is 2. The van der Waals surface area contributed by atoms with Crippen molar-refractivity contribution >= 4 is 17.5 Å². The van der Waals surface area contributed by atoms with Gasteiger partial charge in [-0.1, -0.05) is 30.3 Å². The number of nitrogens with zero attached hydrogens (tertiary/aromatic N) is 3. The molecule has 0 saturated heterocycles. The molecule has 8 heteroatoms. The maximum atomic E-state index is 14.0. The minimum Gasteiger partial charge on any atom is -0.483 e. The van der Waals surface area contributed by atoms with Crippen molar-refractivity contribution in [3.05, 3.63) is 76.9 Å². The van der Waals surface area contributed by atoms with E-state index < -0.39 is 17.6 Å². The molecule has 1 aliphatic heterocycles. The Hall–Kier alpha value is -3.68. The third kappa shape index (κ3) is 4.34. The van der Waals surface area contributed by atoms with Gasteiger partial charge in [-0.15, -0.1) is 0 Å². The number of halogens is 1. The summed E-state index contributed by atoms with van der Waals surface area (Å²) in [5.41, 5.74) is 3.38. The molecule has 7 nitrogen and oxygen atoms in total. The van der Waals surface area contributed by atoms with Gasteiger partial charge < -0.3 is 15.0 Å². The van der Waals surface area contributed by atoms with E-state index in [4.69, 9.17) is 4.74 Å². The fraction of sp³-hybridized carbons (Fsp3) is 0.292. The average Bonchev–Trinajstić information content (AvgIpc) is 3.14. The summed E-state index contributed by atoms with van der Waals surface area (Å²) in [4.78, 5) is 27.6. The van der Waals surface area contributed by atoms with Crippen molar-refractivity contribution in [1.82, 2.24) is 14.7 Å².